The van der Waals surface area contributed by atoms with Crippen molar-refractivity contribution in [1.82, 2.24) is 9.80 Å². The lowest BCUT2D eigenvalue weighted by molar-refractivity contribution is -0.142. The molecule has 142 valence electrons. The van der Waals surface area contributed by atoms with Gasteiger partial charge in [-0.25, -0.2) is 4.39 Å². The second kappa shape index (κ2) is 7.91. The third kappa shape index (κ3) is 3.87. The lowest BCUT2D eigenvalue weighted by atomic mass is 9.86. The molecule has 1 heterocycles. The highest BCUT2D eigenvalue weighted by Gasteiger charge is 2.51. The lowest BCUT2D eigenvalue weighted by Crippen LogP contribution is -2.45. The zero-order valence-corrected chi connectivity index (χ0v) is 15.8. The van der Waals surface area contributed by atoms with E-state index in [1.807, 2.05) is 67.6 Å². The predicted octanol–water partition coefficient (Wildman–Crippen LogP) is 3.59. The Morgan fingerprint density at radius 3 is 2.33 bits per heavy atom. The van der Waals surface area contributed by atoms with Crippen molar-refractivity contribution >= 4 is 11.8 Å². The van der Waals surface area contributed by atoms with Gasteiger partial charge in [-0.05, 0) is 18.1 Å². The summed E-state index contributed by atoms with van der Waals surface area (Å²) >= 11 is 0. The van der Waals surface area contributed by atoms with E-state index in [0.717, 1.165) is 11.1 Å². The molecule has 0 bridgehead atoms. The number of rotatable bonds is 6. The molecule has 0 aromatic heterocycles. The average molecular weight is 368 g/mol. The molecule has 27 heavy (non-hydrogen) atoms. The molecule has 1 unspecified atom stereocenters. The molecule has 2 atom stereocenters. The maximum atomic E-state index is 14.1. The van der Waals surface area contributed by atoms with Gasteiger partial charge in [-0.2, -0.15) is 0 Å². The Hall–Kier alpha value is -2.69. The van der Waals surface area contributed by atoms with E-state index >= 15 is 0 Å². The largest absolute Gasteiger partial charge is 0.341 e. The number of halogens is 1. The van der Waals surface area contributed by atoms with Gasteiger partial charge in [-0.1, -0.05) is 60.7 Å². The number of likely N-dealkylation sites (tertiary alicyclic amines) is 1. The third-order valence-corrected chi connectivity index (χ3v) is 5.35. The molecule has 0 N–H and O–H groups in total. The summed E-state index contributed by atoms with van der Waals surface area (Å²) in [5, 5.41) is 0. The smallest absolute Gasteiger partial charge is 0.233 e. The maximum absolute atomic E-state index is 14.1. The Morgan fingerprint density at radius 1 is 1.15 bits per heavy atom. The van der Waals surface area contributed by atoms with Crippen LogP contribution in [0.4, 0.5) is 4.39 Å². The molecule has 1 aliphatic rings. The molecule has 1 aliphatic heterocycles. The third-order valence-electron chi connectivity index (χ3n) is 5.35. The average Bonchev–Trinajstić information content (AvgIpc) is 3.06. The van der Waals surface area contributed by atoms with Crippen molar-refractivity contribution in [1.29, 1.82) is 0 Å². The van der Waals surface area contributed by atoms with Crippen molar-refractivity contribution in [2.45, 2.75) is 25.9 Å². The highest BCUT2D eigenvalue weighted by atomic mass is 19.1. The van der Waals surface area contributed by atoms with Crippen LogP contribution in [0.1, 0.15) is 30.5 Å². The number of amides is 2. The Balaban J connectivity index is 1.77. The molecule has 0 aliphatic carbocycles. The standard InChI is InChI=1S/C22H25FN2O2/c1-17(19-11-7-4-8-12-19)25-16-22(15-23,13-20(25)26)21(27)24(2)14-18-9-5-3-6-10-18/h3-12,17H,13-16H2,1-2H3/t17-,22?/m0/s1. The molecule has 0 saturated carbocycles. The first-order valence-corrected chi connectivity index (χ1v) is 9.17. The summed E-state index contributed by atoms with van der Waals surface area (Å²) in [4.78, 5) is 28.9. The minimum absolute atomic E-state index is 0.0847. The zero-order chi connectivity index (χ0) is 19.4. The molecule has 1 fully saturated rings. The van der Waals surface area contributed by atoms with Crippen LogP contribution < -0.4 is 0 Å². The molecule has 4 nitrogen and oxygen atoms in total. The van der Waals surface area contributed by atoms with Crippen molar-refractivity contribution in [3.63, 3.8) is 0 Å². The summed E-state index contributed by atoms with van der Waals surface area (Å²) < 4.78 is 14.1. The number of carbonyl (C=O) groups excluding carboxylic acids is 2. The van der Waals surface area contributed by atoms with Gasteiger partial charge in [0, 0.05) is 26.6 Å². The Labute approximate surface area is 159 Å². The second-order valence-corrected chi connectivity index (χ2v) is 7.35. The summed E-state index contributed by atoms with van der Waals surface area (Å²) in [6.45, 7) is 1.58. The molecule has 2 amide bonds. The highest BCUT2D eigenvalue weighted by Crippen LogP contribution is 2.38. The fourth-order valence-corrected chi connectivity index (χ4v) is 3.75. The van der Waals surface area contributed by atoms with Crippen molar-refractivity contribution in [2.24, 2.45) is 5.41 Å². The van der Waals surface area contributed by atoms with Gasteiger partial charge < -0.3 is 9.80 Å². The van der Waals surface area contributed by atoms with Crippen LogP contribution in [0, 0.1) is 5.41 Å². The van der Waals surface area contributed by atoms with Gasteiger partial charge in [0.2, 0.25) is 11.8 Å². The summed E-state index contributed by atoms with van der Waals surface area (Å²) in [5.41, 5.74) is 0.649. The SMILES string of the molecule is C[C@@H](c1ccccc1)N1CC(CF)(C(=O)N(C)Cc2ccccc2)CC1=O. The van der Waals surface area contributed by atoms with Crippen LogP contribution >= 0.6 is 0 Å². The molecule has 1 saturated heterocycles. The van der Waals surface area contributed by atoms with E-state index in [4.69, 9.17) is 0 Å². The predicted molar refractivity (Wildman–Crippen MR) is 103 cm³/mol. The van der Waals surface area contributed by atoms with Crippen LogP contribution in [-0.2, 0) is 16.1 Å². The van der Waals surface area contributed by atoms with E-state index in [-0.39, 0.29) is 30.8 Å². The first-order valence-electron chi connectivity index (χ1n) is 9.17. The van der Waals surface area contributed by atoms with Crippen LogP contribution in [0.5, 0.6) is 0 Å². The van der Waals surface area contributed by atoms with Gasteiger partial charge in [-0.3, -0.25) is 9.59 Å². The van der Waals surface area contributed by atoms with Crippen molar-refractivity contribution in [3.05, 3.63) is 71.8 Å². The number of hydrogen-bond donors (Lipinski definition) is 0. The van der Waals surface area contributed by atoms with Gasteiger partial charge in [0.15, 0.2) is 0 Å². The minimum Gasteiger partial charge on any atom is -0.341 e. The Bertz CT molecular complexity index is 796. The van der Waals surface area contributed by atoms with Crippen molar-refractivity contribution in [3.8, 4) is 0 Å². The fraction of sp³-hybridized carbons (Fsp3) is 0.364. The van der Waals surface area contributed by atoms with E-state index < -0.39 is 12.1 Å². The molecule has 5 heteroatoms. The number of carbonyl (C=O) groups is 2. The normalized spacial score (nSPS) is 20.6. The summed E-state index contributed by atoms with van der Waals surface area (Å²) in [6.07, 6.45) is -0.0847. The Kier molecular flexibility index (Phi) is 5.59. The lowest BCUT2D eigenvalue weighted by Gasteiger charge is -2.31. The molecule has 3 rings (SSSR count). The molecule has 2 aromatic rings. The van der Waals surface area contributed by atoms with Crippen molar-refractivity contribution < 1.29 is 14.0 Å². The zero-order valence-electron chi connectivity index (χ0n) is 15.8. The van der Waals surface area contributed by atoms with E-state index in [1.165, 1.54) is 4.90 Å². The Morgan fingerprint density at radius 2 is 1.74 bits per heavy atom. The van der Waals surface area contributed by atoms with Crippen LogP contribution in [0.2, 0.25) is 0 Å². The highest BCUT2D eigenvalue weighted by molar-refractivity contribution is 5.92. The number of nitrogens with zero attached hydrogens (tertiary/aromatic N) is 2. The molecule has 0 spiro atoms. The molecular formula is C22H25FN2O2. The molecule has 2 aromatic carbocycles. The van der Waals surface area contributed by atoms with Crippen LogP contribution in [0.15, 0.2) is 60.7 Å². The van der Waals surface area contributed by atoms with Gasteiger partial charge in [0.1, 0.15) is 12.1 Å². The van der Waals surface area contributed by atoms with Crippen LogP contribution in [0.25, 0.3) is 0 Å². The van der Waals surface area contributed by atoms with E-state index in [1.54, 1.807) is 11.9 Å². The number of benzene rings is 2. The monoisotopic (exact) mass is 368 g/mol. The molecule has 0 radical (unpaired) electrons. The molecular weight excluding hydrogens is 343 g/mol. The fourth-order valence-electron chi connectivity index (χ4n) is 3.75. The van der Waals surface area contributed by atoms with Gasteiger partial charge in [0.25, 0.3) is 0 Å². The maximum Gasteiger partial charge on any atom is 0.233 e. The van der Waals surface area contributed by atoms with E-state index in [0.29, 0.717) is 6.54 Å². The van der Waals surface area contributed by atoms with Crippen LogP contribution in [-0.4, -0.2) is 41.9 Å². The number of alkyl halides is 1. The number of hydrogen-bond acceptors (Lipinski definition) is 2. The summed E-state index contributed by atoms with van der Waals surface area (Å²) in [6, 6.07) is 19.0. The summed E-state index contributed by atoms with van der Waals surface area (Å²) in [5.74, 6) is -0.490. The minimum atomic E-state index is -1.30. The van der Waals surface area contributed by atoms with Crippen LogP contribution in [0.3, 0.4) is 0 Å². The van der Waals surface area contributed by atoms with Gasteiger partial charge in [-0.15, -0.1) is 0 Å². The first kappa shape index (κ1) is 19.1. The van der Waals surface area contributed by atoms with Gasteiger partial charge >= 0.3 is 0 Å². The van der Waals surface area contributed by atoms with Gasteiger partial charge in [0.05, 0.1) is 6.04 Å². The quantitative estimate of drug-likeness (QED) is 0.782. The van der Waals surface area contributed by atoms with E-state index in [2.05, 4.69) is 0 Å². The summed E-state index contributed by atoms with van der Waals surface area (Å²) in [7, 11) is 1.67. The second-order valence-electron chi connectivity index (χ2n) is 7.35. The topological polar surface area (TPSA) is 40.6 Å². The van der Waals surface area contributed by atoms with E-state index in [9.17, 15) is 14.0 Å². The van der Waals surface area contributed by atoms with Crippen molar-refractivity contribution in [2.75, 3.05) is 20.3 Å². The first-order chi connectivity index (χ1) is 13.0.